The number of amides is 2. The van der Waals surface area contributed by atoms with Gasteiger partial charge in [0.2, 0.25) is 0 Å². The van der Waals surface area contributed by atoms with Gasteiger partial charge in [0.25, 0.3) is 0 Å². The van der Waals surface area contributed by atoms with Gasteiger partial charge in [-0.25, -0.2) is 4.39 Å². The van der Waals surface area contributed by atoms with Gasteiger partial charge in [0.15, 0.2) is 23.1 Å². The zero-order valence-electron chi connectivity index (χ0n) is 24.0. The standard InChI is InChI=1S/C32H33FN4O6/c1-40-23-6-3-20(4-7-23)18-37(32(39)31(34)38)22-5-8-28(25(33)15-22)43-27-11-14-36-26-17-30(29(41-2)16-24(26)27)42-19-21-9-12-35-13-10-21/h3-8,11,14-17,21,35H,9-10,12-13,18-19H2,1-2H3,(H2,34,38). The number of anilines is 1. The highest BCUT2D eigenvalue weighted by atomic mass is 19.1. The number of hydrogen-bond donors (Lipinski definition) is 2. The molecule has 3 aromatic carbocycles. The Morgan fingerprint density at radius 1 is 0.953 bits per heavy atom. The van der Waals surface area contributed by atoms with Crippen molar-refractivity contribution < 1.29 is 32.9 Å². The number of carbonyl (C=O) groups excluding carboxylic acids is 2. The van der Waals surface area contributed by atoms with Crippen molar-refractivity contribution in [2.24, 2.45) is 11.7 Å². The molecule has 1 aliphatic rings. The van der Waals surface area contributed by atoms with Crippen LogP contribution in [0.3, 0.4) is 0 Å². The molecule has 0 saturated carbocycles. The molecular weight excluding hydrogens is 555 g/mol. The monoisotopic (exact) mass is 588 g/mol. The first-order chi connectivity index (χ1) is 20.9. The number of carbonyl (C=O) groups is 2. The maximum Gasteiger partial charge on any atom is 0.316 e. The van der Waals surface area contributed by atoms with Crippen molar-refractivity contribution in [2.75, 3.05) is 38.8 Å². The van der Waals surface area contributed by atoms with E-state index >= 15 is 4.39 Å². The van der Waals surface area contributed by atoms with Crippen molar-refractivity contribution >= 4 is 28.4 Å². The minimum Gasteiger partial charge on any atom is -0.497 e. The first-order valence-corrected chi connectivity index (χ1v) is 13.9. The fourth-order valence-electron chi connectivity index (χ4n) is 4.93. The molecule has 2 heterocycles. The molecule has 5 rings (SSSR count). The van der Waals surface area contributed by atoms with Crippen LogP contribution >= 0.6 is 0 Å². The highest BCUT2D eigenvalue weighted by Crippen LogP contribution is 2.38. The number of hydrogen-bond acceptors (Lipinski definition) is 8. The number of primary amides is 1. The summed E-state index contributed by atoms with van der Waals surface area (Å²) in [5.74, 6) is -0.445. The Labute approximate surface area is 248 Å². The van der Waals surface area contributed by atoms with Gasteiger partial charge in [0, 0.05) is 29.4 Å². The number of methoxy groups -OCH3 is 2. The molecule has 224 valence electrons. The molecule has 0 radical (unpaired) electrons. The average Bonchev–Trinajstić information content (AvgIpc) is 3.03. The Bertz CT molecular complexity index is 1610. The van der Waals surface area contributed by atoms with Crippen molar-refractivity contribution in [1.82, 2.24) is 10.3 Å². The molecule has 0 spiro atoms. The number of ether oxygens (including phenoxy) is 4. The Balaban J connectivity index is 1.38. The van der Waals surface area contributed by atoms with Crippen LogP contribution in [0.15, 0.2) is 66.9 Å². The van der Waals surface area contributed by atoms with Crippen molar-refractivity contribution in [2.45, 2.75) is 19.4 Å². The van der Waals surface area contributed by atoms with E-state index in [2.05, 4.69) is 10.3 Å². The van der Waals surface area contributed by atoms with Gasteiger partial charge in [-0.05, 0) is 73.8 Å². The third kappa shape index (κ3) is 6.95. The van der Waals surface area contributed by atoms with Gasteiger partial charge >= 0.3 is 11.8 Å². The number of nitrogens with zero attached hydrogens (tertiary/aromatic N) is 2. The fourth-order valence-corrected chi connectivity index (χ4v) is 4.93. The molecule has 2 amide bonds. The first-order valence-electron chi connectivity index (χ1n) is 13.9. The summed E-state index contributed by atoms with van der Waals surface area (Å²) in [5, 5.41) is 3.95. The zero-order valence-corrected chi connectivity index (χ0v) is 24.0. The lowest BCUT2D eigenvalue weighted by Crippen LogP contribution is -2.40. The predicted molar refractivity (Wildman–Crippen MR) is 159 cm³/mol. The third-order valence-corrected chi connectivity index (χ3v) is 7.32. The second kappa shape index (κ2) is 13.4. The normalized spacial score (nSPS) is 13.4. The molecule has 1 saturated heterocycles. The molecule has 1 fully saturated rings. The van der Waals surface area contributed by atoms with Crippen LogP contribution < -0.4 is 34.9 Å². The number of pyridine rings is 1. The van der Waals surface area contributed by atoms with E-state index < -0.39 is 17.6 Å². The SMILES string of the molecule is COc1ccc(CN(C(=O)C(N)=O)c2ccc(Oc3ccnc4cc(OCC5CCNCC5)c(OC)cc34)c(F)c2)cc1. The minimum absolute atomic E-state index is 0.0117. The fraction of sp³-hybridized carbons (Fsp3) is 0.281. The molecule has 0 unspecified atom stereocenters. The van der Waals surface area contributed by atoms with Crippen LogP contribution in [-0.4, -0.2) is 50.7 Å². The van der Waals surface area contributed by atoms with E-state index in [1.807, 2.05) is 0 Å². The summed E-state index contributed by atoms with van der Waals surface area (Å²) in [6.07, 6.45) is 3.66. The van der Waals surface area contributed by atoms with Gasteiger partial charge in [0.1, 0.15) is 11.5 Å². The second-order valence-electron chi connectivity index (χ2n) is 10.2. The van der Waals surface area contributed by atoms with E-state index in [0.29, 0.717) is 52.0 Å². The molecular formula is C32H33FN4O6. The number of nitrogens with one attached hydrogen (secondary N) is 1. The average molecular weight is 589 g/mol. The van der Waals surface area contributed by atoms with Crippen LogP contribution in [0, 0.1) is 11.7 Å². The number of fused-ring (bicyclic) bond motifs is 1. The van der Waals surface area contributed by atoms with Crippen molar-refractivity contribution in [3.63, 3.8) is 0 Å². The minimum atomic E-state index is -1.16. The summed E-state index contributed by atoms with van der Waals surface area (Å²) in [6, 6.07) is 16.1. The van der Waals surface area contributed by atoms with E-state index in [4.69, 9.17) is 24.7 Å². The summed E-state index contributed by atoms with van der Waals surface area (Å²) in [4.78, 5) is 30.0. The van der Waals surface area contributed by atoms with Gasteiger partial charge in [-0.15, -0.1) is 0 Å². The van der Waals surface area contributed by atoms with E-state index in [1.54, 1.807) is 62.9 Å². The molecule has 11 heteroatoms. The predicted octanol–water partition coefficient (Wildman–Crippen LogP) is 4.58. The van der Waals surface area contributed by atoms with Gasteiger partial charge in [0.05, 0.1) is 32.9 Å². The van der Waals surface area contributed by atoms with Gasteiger partial charge in [-0.3, -0.25) is 19.5 Å². The molecule has 0 bridgehead atoms. The quantitative estimate of drug-likeness (QED) is 0.258. The molecule has 0 aliphatic carbocycles. The Kier molecular flexibility index (Phi) is 9.21. The Morgan fingerprint density at radius 2 is 1.72 bits per heavy atom. The maximum atomic E-state index is 15.4. The number of nitrogens with two attached hydrogens (primary N) is 1. The molecule has 10 nitrogen and oxygen atoms in total. The van der Waals surface area contributed by atoms with Crippen LogP contribution in [0.2, 0.25) is 0 Å². The lowest BCUT2D eigenvalue weighted by atomic mass is 9.99. The Hall–Kier alpha value is -4.90. The van der Waals surface area contributed by atoms with E-state index in [9.17, 15) is 9.59 Å². The number of aromatic nitrogens is 1. The van der Waals surface area contributed by atoms with Crippen molar-refractivity contribution in [1.29, 1.82) is 0 Å². The van der Waals surface area contributed by atoms with E-state index in [1.165, 1.54) is 12.1 Å². The maximum absolute atomic E-state index is 15.4. The molecule has 0 atom stereocenters. The molecule has 43 heavy (non-hydrogen) atoms. The lowest BCUT2D eigenvalue weighted by molar-refractivity contribution is -0.135. The van der Waals surface area contributed by atoms with Crippen LogP contribution in [-0.2, 0) is 16.1 Å². The summed E-state index contributed by atoms with van der Waals surface area (Å²) in [6.45, 7) is 2.52. The number of rotatable bonds is 10. The van der Waals surface area contributed by atoms with Gasteiger partial charge in [-0.1, -0.05) is 12.1 Å². The molecule has 4 aromatic rings. The van der Waals surface area contributed by atoms with Gasteiger partial charge in [-0.2, -0.15) is 0 Å². The van der Waals surface area contributed by atoms with Crippen LogP contribution in [0.5, 0.6) is 28.7 Å². The Morgan fingerprint density at radius 3 is 2.40 bits per heavy atom. The topological polar surface area (TPSA) is 125 Å². The smallest absolute Gasteiger partial charge is 0.316 e. The summed E-state index contributed by atoms with van der Waals surface area (Å²) in [7, 11) is 3.09. The number of benzene rings is 3. The second-order valence-corrected chi connectivity index (χ2v) is 10.2. The summed E-state index contributed by atoms with van der Waals surface area (Å²) in [5.41, 5.74) is 6.71. The van der Waals surface area contributed by atoms with Crippen LogP contribution in [0.1, 0.15) is 18.4 Å². The highest BCUT2D eigenvalue weighted by molar-refractivity contribution is 6.39. The number of piperidine rings is 1. The molecule has 3 N–H and O–H groups in total. The largest absolute Gasteiger partial charge is 0.497 e. The lowest BCUT2D eigenvalue weighted by Gasteiger charge is -2.23. The van der Waals surface area contributed by atoms with Gasteiger partial charge < -0.3 is 30.0 Å². The van der Waals surface area contributed by atoms with E-state index in [0.717, 1.165) is 36.9 Å². The highest BCUT2D eigenvalue weighted by Gasteiger charge is 2.23. The summed E-state index contributed by atoms with van der Waals surface area (Å²) >= 11 is 0. The van der Waals surface area contributed by atoms with Crippen LogP contribution in [0.25, 0.3) is 10.9 Å². The zero-order chi connectivity index (χ0) is 30.3. The first kappa shape index (κ1) is 29.6. The van der Waals surface area contributed by atoms with Crippen molar-refractivity contribution in [3.8, 4) is 28.7 Å². The van der Waals surface area contributed by atoms with E-state index in [-0.39, 0.29) is 18.0 Å². The molecule has 1 aromatic heterocycles. The molecule has 1 aliphatic heterocycles. The number of halogens is 1. The summed E-state index contributed by atoms with van der Waals surface area (Å²) < 4.78 is 38.3. The third-order valence-electron chi connectivity index (χ3n) is 7.32. The van der Waals surface area contributed by atoms with Crippen molar-refractivity contribution in [3.05, 3.63) is 78.2 Å². The van der Waals surface area contributed by atoms with Crippen LogP contribution in [0.4, 0.5) is 10.1 Å².